The fraction of sp³-hybridized carbons (Fsp3) is 0.304. The van der Waals surface area contributed by atoms with E-state index in [9.17, 15) is 9.59 Å². The van der Waals surface area contributed by atoms with E-state index in [2.05, 4.69) is 15.5 Å². The highest BCUT2D eigenvalue weighted by Gasteiger charge is 2.41. The Morgan fingerprint density at radius 3 is 2.52 bits per heavy atom. The third kappa shape index (κ3) is 3.06. The van der Waals surface area contributed by atoms with Crippen LogP contribution in [0.2, 0.25) is 0 Å². The van der Waals surface area contributed by atoms with E-state index in [1.54, 1.807) is 14.2 Å². The summed E-state index contributed by atoms with van der Waals surface area (Å²) in [5.74, 6) is 2.62. The van der Waals surface area contributed by atoms with E-state index < -0.39 is 5.92 Å². The Bertz CT molecular complexity index is 1260. The summed E-state index contributed by atoms with van der Waals surface area (Å²) in [6.45, 7) is 1.85. The predicted molar refractivity (Wildman–Crippen MR) is 114 cm³/mol. The fourth-order valence-corrected chi connectivity index (χ4v) is 4.66. The van der Waals surface area contributed by atoms with Crippen molar-refractivity contribution in [3.8, 4) is 11.5 Å². The maximum atomic E-state index is 13.4. The molecule has 31 heavy (non-hydrogen) atoms. The van der Waals surface area contributed by atoms with E-state index in [0.29, 0.717) is 47.1 Å². The summed E-state index contributed by atoms with van der Waals surface area (Å²) in [5.41, 5.74) is 2.62. The zero-order valence-corrected chi connectivity index (χ0v) is 17.5. The molecule has 0 fully saturated rings. The number of aryl methyl sites for hydroxylation is 1. The average Bonchev–Trinajstić information content (AvgIpc) is 3.37. The number of aromatic amines is 2. The van der Waals surface area contributed by atoms with Crippen molar-refractivity contribution in [2.45, 2.75) is 31.6 Å². The number of Topliss-reactive ketones (excluding diaryl/α,β-unsaturated/α-hetero) is 1. The van der Waals surface area contributed by atoms with Crippen molar-refractivity contribution in [2.24, 2.45) is 0 Å². The zero-order valence-electron chi connectivity index (χ0n) is 17.5. The van der Waals surface area contributed by atoms with E-state index in [1.165, 1.54) is 0 Å². The van der Waals surface area contributed by atoms with Crippen molar-refractivity contribution >= 4 is 11.6 Å². The number of allylic oxidation sites excluding steroid dienone is 2. The molecule has 8 nitrogen and oxygen atoms in total. The highest BCUT2D eigenvalue weighted by atomic mass is 16.5. The fourth-order valence-electron chi connectivity index (χ4n) is 4.66. The summed E-state index contributed by atoms with van der Waals surface area (Å²) in [6, 6.07) is 9.41. The maximum Gasteiger partial charge on any atom is 0.270 e. The molecule has 160 valence electrons. The standard InChI is InChI=1S/C23H23N3O5/c1-11-4-6-17(31-11)20-19-14(24-22-21(20)23(28)26-25-22)8-13(9-15(19)27)12-5-7-16(29-2)18(10-12)30-3/h4-7,10,13,20H,8-9H2,1-3H3,(H3,24,25,26,28)/t13-,20-/m0/s1. The first-order chi connectivity index (χ1) is 15.0. The third-order valence-electron chi connectivity index (χ3n) is 6.10. The number of methoxy groups -OCH3 is 2. The number of fused-ring (bicyclic) bond motifs is 1. The Morgan fingerprint density at radius 1 is 1.00 bits per heavy atom. The second kappa shape index (κ2) is 7.23. The number of rotatable bonds is 4. The number of anilines is 1. The average molecular weight is 421 g/mol. The van der Waals surface area contributed by atoms with Gasteiger partial charge in [-0.3, -0.25) is 19.8 Å². The first-order valence-electron chi connectivity index (χ1n) is 10.1. The van der Waals surface area contributed by atoms with Gasteiger partial charge in [0.25, 0.3) is 5.56 Å². The largest absolute Gasteiger partial charge is 0.493 e. The molecule has 1 aliphatic heterocycles. The van der Waals surface area contributed by atoms with E-state index in [0.717, 1.165) is 17.0 Å². The van der Waals surface area contributed by atoms with Crippen molar-refractivity contribution in [2.75, 3.05) is 19.5 Å². The van der Waals surface area contributed by atoms with Crippen LogP contribution in [-0.4, -0.2) is 30.2 Å². The molecule has 3 N–H and O–H groups in total. The highest BCUT2D eigenvalue weighted by Crippen LogP contribution is 2.47. The Hall–Kier alpha value is -3.68. The van der Waals surface area contributed by atoms with Gasteiger partial charge in [-0.25, -0.2) is 0 Å². The molecule has 2 atom stereocenters. The minimum Gasteiger partial charge on any atom is -0.493 e. The van der Waals surface area contributed by atoms with Gasteiger partial charge in [-0.15, -0.1) is 0 Å². The zero-order chi connectivity index (χ0) is 21.7. The molecule has 1 aliphatic carbocycles. The van der Waals surface area contributed by atoms with Crippen LogP contribution in [0.15, 0.2) is 50.8 Å². The lowest BCUT2D eigenvalue weighted by molar-refractivity contribution is -0.116. The van der Waals surface area contributed by atoms with Crippen LogP contribution in [0.3, 0.4) is 0 Å². The number of benzene rings is 1. The number of ketones is 1. The number of furan rings is 1. The molecule has 0 saturated heterocycles. The van der Waals surface area contributed by atoms with Crippen molar-refractivity contribution in [1.29, 1.82) is 0 Å². The van der Waals surface area contributed by atoms with E-state index >= 15 is 0 Å². The first kappa shape index (κ1) is 19.3. The quantitative estimate of drug-likeness (QED) is 0.594. The molecule has 1 aromatic carbocycles. The molecule has 3 heterocycles. The molecule has 5 rings (SSSR count). The monoisotopic (exact) mass is 421 g/mol. The van der Waals surface area contributed by atoms with Crippen LogP contribution < -0.4 is 20.3 Å². The Labute approximate surface area is 178 Å². The van der Waals surface area contributed by atoms with Crippen LogP contribution >= 0.6 is 0 Å². The van der Waals surface area contributed by atoms with E-state index in [4.69, 9.17) is 13.9 Å². The van der Waals surface area contributed by atoms with Gasteiger partial charge >= 0.3 is 0 Å². The Morgan fingerprint density at radius 2 is 1.81 bits per heavy atom. The number of ether oxygens (including phenoxy) is 2. The molecule has 8 heteroatoms. The van der Waals surface area contributed by atoms with Crippen molar-refractivity contribution in [3.05, 3.63) is 74.6 Å². The number of carbonyl (C=O) groups excluding carboxylic acids is 1. The number of hydrogen-bond acceptors (Lipinski definition) is 6. The van der Waals surface area contributed by atoms with Gasteiger partial charge in [0.2, 0.25) is 0 Å². The second-order valence-corrected chi connectivity index (χ2v) is 7.91. The summed E-state index contributed by atoms with van der Waals surface area (Å²) < 4.78 is 16.6. The topological polar surface area (TPSA) is 109 Å². The highest BCUT2D eigenvalue weighted by molar-refractivity contribution is 6.01. The molecule has 3 aromatic rings. The molecule has 0 radical (unpaired) electrons. The lowest BCUT2D eigenvalue weighted by Gasteiger charge is -2.33. The molecule has 0 unspecified atom stereocenters. The van der Waals surface area contributed by atoms with Crippen LogP contribution in [0, 0.1) is 6.92 Å². The lowest BCUT2D eigenvalue weighted by atomic mass is 9.74. The molecule has 0 bridgehead atoms. The minimum absolute atomic E-state index is 0.00108. The number of hydrogen-bond donors (Lipinski definition) is 3. The number of aromatic nitrogens is 2. The molecular formula is C23H23N3O5. The van der Waals surface area contributed by atoms with Crippen molar-refractivity contribution in [1.82, 2.24) is 10.2 Å². The first-order valence-corrected chi connectivity index (χ1v) is 10.1. The maximum absolute atomic E-state index is 13.4. The van der Waals surface area contributed by atoms with Crippen LogP contribution in [0.1, 0.15) is 47.3 Å². The van der Waals surface area contributed by atoms with Gasteiger partial charge in [-0.05, 0) is 49.1 Å². The van der Waals surface area contributed by atoms with Crippen LogP contribution in [0.25, 0.3) is 0 Å². The van der Waals surface area contributed by atoms with Gasteiger partial charge in [0, 0.05) is 17.7 Å². The van der Waals surface area contributed by atoms with Gasteiger partial charge in [-0.2, -0.15) is 0 Å². The van der Waals surface area contributed by atoms with Gasteiger partial charge < -0.3 is 19.2 Å². The Kier molecular flexibility index (Phi) is 4.50. The molecule has 2 aromatic heterocycles. The van der Waals surface area contributed by atoms with Crippen LogP contribution in [0.4, 0.5) is 5.82 Å². The number of H-pyrrole nitrogens is 2. The summed E-state index contributed by atoms with van der Waals surface area (Å²) in [7, 11) is 3.19. The number of carbonyl (C=O) groups is 1. The smallest absolute Gasteiger partial charge is 0.270 e. The summed E-state index contributed by atoms with van der Waals surface area (Å²) in [4.78, 5) is 25.9. The second-order valence-electron chi connectivity index (χ2n) is 7.91. The summed E-state index contributed by atoms with van der Waals surface area (Å²) in [6.07, 6.45) is 0.962. The summed E-state index contributed by atoms with van der Waals surface area (Å²) in [5, 5.41) is 8.81. The Balaban J connectivity index is 1.58. The van der Waals surface area contributed by atoms with E-state index in [1.807, 2.05) is 37.3 Å². The minimum atomic E-state index is -0.534. The molecule has 0 amide bonds. The SMILES string of the molecule is COc1ccc([C@@H]2CC(=O)C3=C(C2)Nc2[nH][nH]c(=O)c2[C@H]3c2ccc(C)o2)cc1OC. The third-order valence-corrected chi connectivity index (χ3v) is 6.10. The van der Waals surface area contributed by atoms with Crippen LogP contribution in [-0.2, 0) is 4.79 Å². The van der Waals surface area contributed by atoms with Gasteiger partial charge in [0.05, 0.1) is 25.7 Å². The normalized spacial score (nSPS) is 20.2. The van der Waals surface area contributed by atoms with Crippen molar-refractivity contribution < 1.29 is 18.7 Å². The van der Waals surface area contributed by atoms with E-state index in [-0.39, 0.29) is 17.3 Å². The van der Waals surface area contributed by atoms with Gasteiger partial charge in [0.1, 0.15) is 17.3 Å². The molecule has 0 spiro atoms. The van der Waals surface area contributed by atoms with Gasteiger partial charge in [-0.1, -0.05) is 6.07 Å². The lowest BCUT2D eigenvalue weighted by Crippen LogP contribution is -2.31. The summed E-state index contributed by atoms with van der Waals surface area (Å²) >= 11 is 0. The van der Waals surface area contributed by atoms with Crippen molar-refractivity contribution in [3.63, 3.8) is 0 Å². The molecular weight excluding hydrogens is 398 g/mol. The predicted octanol–water partition coefficient (Wildman–Crippen LogP) is 3.58. The van der Waals surface area contributed by atoms with Crippen LogP contribution in [0.5, 0.6) is 11.5 Å². The van der Waals surface area contributed by atoms with Gasteiger partial charge in [0.15, 0.2) is 17.3 Å². The number of nitrogens with one attached hydrogen (secondary N) is 3. The molecule has 0 saturated carbocycles. The molecule has 2 aliphatic rings.